The zero-order valence-corrected chi connectivity index (χ0v) is 8.71. The van der Waals surface area contributed by atoms with Crippen molar-refractivity contribution in [2.45, 2.75) is 25.7 Å². The van der Waals surface area contributed by atoms with Crippen LogP contribution in [0.25, 0.3) is 0 Å². The van der Waals surface area contributed by atoms with Crippen molar-refractivity contribution in [1.82, 2.24) is 4.90 Å². The quantitative estimate of drug-likeness (QED) is 0.634. The van der Waals surface area contributed by atoms with Crippen LogP contribution in [-0.4, -0.2) is 44.0 Å². The van der Waals surface area contributed by atoms with Crippen LogP contribution in [-0.2, 0) is 9.53 Å². The van der Waals surface area contributed by atoms with Crippen LogP contribution in [0, 0.1) is 5.41 Å². The number of nitrogens with zero attached hydrogens (tertiary/aromatic N) is 1. The van der Waals surface area contributed by atoms with Crippen LogP contribution in [0.5, 0.6) is 0 Å². The van der Waals surface area contributed by atoms with Crippen molar-refractivity contribution in [3.05, 3.63) is 0 Å². The van der Waals surface area contributed by atoms with E-state index in [0.717, 1.165) is 38.9 Å². The van der Waals surface area contributed by atoms with Gasteiger partial charge < -0.3 is 14.4 Å². The van der Waals surface area contributed by atoms with E-state index in [-0.39, 0.29) is 5.41 Å². The van der Waals surface area contributed by atoms with Crippen LogP contribution >= 0.6 is 0 Å². The molecule has 2 aliphatic rings. The molecule has 0 aromatic carbocycles. The highest BCUT2D eigenvalue weighted by molar-refractivity contribution is 5.60. The molecule has 0 bridgehead atoms. The molecule has 0 N–H and O–H groups in total. The molecule has 0 aliphatic carbocycles. The maximum atomic E-state index is 11.1. The number of carbonyl (C=O) groups is 1. The summed E-state index contributed by atoms with van der Waals surface area (Å²) in [6.45, 7) is 4.63. The van der Waals surface area contributed by atoms with Crippen LogP contribution in [0.4, 0.5) is 0 Å². The number of aldehydes is 1. The van der Waals surface area contributed by atoms with Crippen molar-refractivity contribution in [3.8, 4) is 0 Å². The molecule has 2 heterocycles. The van der Waals surface area contributed by atoms with Gasteiger partial charge in [-0.15, -0.1) is 0 Å². The van der Waals surface area contributed by atoms with Gasteiger partial charge in [0.1, 0.15) is 6.29 Å². The van der Waals surface area contributed by atoms with E-state index in [1.54, 1.807) is 0 Å². The molecule has 0 amide bonds. The first-order valence-corrected chi connectivity index (χ1v) is 5.61. The van der Waals surface area contributed by atoms with Crippen molar-refractivity contribution in [3.63, 3.8) is 0 Å². The fraction of sp³-hybridized carbons (Fsp3) is 0.909. The molecule has 0 spiro atoms. The lowest BCUT2D eigenvalue weighted by Gasteiger charge is -2.32. The van der Waals surface area contributed by atoms with Crippen LogP contribution in [0.3, 0.4) is 0 Å². The lowest BCUT2D eigenvalue weighted by Crippen LogP contribution is -2.41. The van der Waals surface area contributed by atoms with Crippen LogP contribution in [0.2, 0.25) is 0 Å². The van der Waals surface area contributed by atoms with E-state index in [1.165, 1.54) is 19.3 Å². The molecule has 2 aliphatic heterocycles. The summed E-state index contributed by atoms with van der Waals surface area (Å²) in [6.07, 6.45) is 5.95. The van der Waals surface area contributed by atoms with Gasteiger partial charge >= 0.3 is 0 Å². The summed E-state index contributed by atoms with van der Waals surface area (Å²) < 4.78 is 5.33. The van der Waals surface area contributed by atoms with E-state index in [9.17, 15) is 4.79 Å². The fourth-order valence-corrected chi connectivity index (χ4v) is 2.44. The smallest absolute Gasteiger partial charge is 0.129 e. The molecule has 1 unspecified atom stereocenters. The summed E-state index contributed by atoms with van der Waals surface area (Å²) in [7, 11) is 0. The van der Waals surface area contributed by atoms with Crippen molar-refractivity contribution in [2.75, 3.05) is 32.8 Å². The predicted molar refractivity (Wildman–Crippen MR) is 54.2 cm³/mol. The highest BCUT2D eigenvalue weighted by Crippen LogP contribution is 2.28. The van der Waals surface area contributed by atoms with Gasteiger partial charge in [-0.2, -0.15) is 0 Å². The monoisotopic (exact) mass is 197 g/mol. The van der Waals surface area contributed by atoms with E-state index in [1.807, 2.05) is 0 Å². The average molecular weight is 197 g/mol. The van der Waals surface area contributed by atoms with E-state index >= 15 is 0 Å². The second kappa shape index (κ2) is 4.41. The molecule has 14 heavy (non-hydrogen) atoms. The fourth-order valence-electron chi connectivity index (χ4n) is 2.44. The van der Waals surface area contributed by atoms with Crippen molar-refractivity contribution in [2.24, 2.45) is 5.41 Å². The SMILES string of the molecule is O=CC1(CN2CCCCC2)CCOC1. The molecule has 3 heteroatoms. The van der Waals surface area contributed by atoms with Gasteiger partial charge in [0.05, 0.1) is 12.0 Å². The number of ether oxygens (including phenoxy) is 1. The Morgan fingerprint density at radius 3 is 2.64 bits per heavy atom. The molecule has 2 rings (SSSR count). The van der Waals surface area contributed by atoms with E-state index < -0.39 is 0 Å². The molecule has 0 aromatic rings. The van der Waals surface area contributed by atoms with Crippen LogP contribution < -0.4 is 0 Å². The Hall–Kier alpha value is -0.410. The number of hydrogen-bond donors (Lipinski definition) is 0. The highest BCUT2D eigenvalue weighted by atomic mass is 16.5. The number of piperidine rings is 1. The molecule has 0 radical (unpaired) electrons. The van der Waals surface area contributed by atoms with E-state index in [0.29, 0.717) is 6.61 Å². The maximum Gasteiger partial charge on any atom is 0.129 e. The van der Waals surface area contributed by atoms with E-state index in [4.69, 9.17) is 4.74 Å². The first-order valence-electron chi connectivity index (χ1n) is 5.61. The minimum atomic E-state index is -0.183. The zero-order valence-electron chi connectivity index (χ0n) is 8.71. The number of likely N-dealkylation sites (tertiary alicyclic amines) is 1. The molecule has 80 valence electrons. The van der Waals surface area contributed by atoms with Gasteiger partial charge in [-0.1, -0.05) is 6.42 Å². The van der Waals surface area contributed by atoms with Crippen LogP contribution in [0.1, 0.15) is 25.7 Å². The Balaban J connectivity index is 1.89. The third kappa shape index (κ3) is 2.15. The standard InChI is InChI=1S/C11H19NO2/c13-9-11(4-7-14-10-11)8-12-5-2-1-3-6-12/h9H,1-8,10H2. The minimum absolute atomic E-state index is 0.183. The van der Waals surface area contributed by atoms with Crippen molar-refractivity contribution in [1.29, 1.82) is 0 Å². The highest BCUT2D eigenvalue weighted by Gasteiger charge is 2.36. The van der Waals surface area contributed by atoms with Gasteiger partial charge in [-0.05, 0) is 32.4 Å². The third-order valence-corrected chi connectivity index (χ3v) is 3.37. The predicted octanol–water partition coefficient (Wildman–Crippen LogP) is 1.08. The normalized spacial score (nSPS) is 34.6. The Labute approximate surface area is 85.4 Å². The van der Waals surface area contributed by atoms with Gasteiger partial charge in [0, 0.05) is 13.2 Å². The first kappa shape index (κ1) is 10.1. The number of carbonyl (C=O) groups excluding carboxylic acids is 1. The Bertz CT molecular complexity index is 193. The van der Waals surface area contributed by atoms with Gasteiger partial charge in [-0.25, -0.2) is 0 Å². The van der Waals surface area contributed by atoms with Gasteiger partial charge in [-0.3, -0.25) is 0 Å². The third-order valence-electron chi connectivity index (χ3n) is 3.37. The maximum absolute atomic E-state index is 11.1. The molecule has 0 saturated carbocycles. The molecular formula is C11H19NO2. The molecule has 1 atom stereocenters. The molecule has 3 nitrogen and oxygen atoms in total. The molecular weight excluding hydrogens is 178 g/mol. The number of hydrogen-bond acceptors (Lipinski definition) is 3. The largest absolute Gasteiger partial charge is 0.380 e. The summed E-state index contributed by atoms with van der Waals surface area (Å²) in [4.78, 5) is 13.5. The van der Waals surface area contributed by atoms with Gasteiger partial charge in [0.25, 0.3) is 0 Å². The lowest BCUT2D eigenvalue weighted by molar-refractivity contribution is -0.117. The summed E-state index contributed by atoms with van der Waals surface area (Å²) in [6, 6.07) is 0. The Morgan fingerprint density at radius 2 is 2.07 bits per heavy atom. The topological polar surface area (TPSA) is 29.5 Å². The number of rotatable bonds is 3. The van der Waals surface area contributed by atoms with E-state index in [2.05, 4.69) is 4.90 Å². The zero-order chi connectivity index (χ0) is 9.86. The first-order chi connectivity index (χ1) is 6.85. The summed E-state index contributed by atoms with van der Waals surface area (Å²) in [5.41, 5.74) is -0.183. The Kier molecular flexibility index (Phi) is 3.19. The lowest BCUT2D eigenvalue weighted by atomic mass is 9.88. The van der Waals surface area contributed by atoms with Crippen LogP contribution in [0.15, 0.2) is 0 Å². The van der Waals surface area contributed by atoms with Crippen molar-refractivity contribution >= 4 is 6.29 Å². The average Bonchev–Trinajstić information content (AvgIpc) is 2.69. The minimum Gasteiger partial charge on any atom is -0.380 e. The summed E-state index contributed by atoms with van der Waals surface area (Å²) in [5.74, 6) is 0. The van der Waals surface area contributed by atoms with Crippen molar-refractivity contribution < 1.29 is 9.53 Å². The molecule has 2 saturated heterocycles. The van der Waals surface area contributed by atoms with Gasteiger partial charge in [0.15, 0.2) is 0 Å². The second-order valence-corrected chi connectivity index (χ2v) is 4.62. The Morgan fingerprint density at radius 1 is 1.29 bits per heavy atom. The molecule has 2 fully saturated rings. The molecule has 0 aromatic heterocycles. The van der Waals surface area contributed by atoms with Gasteiger partial charge in [0.2, 0.25) is 0 Å². The summed E-state index contributed by atoms with van der Waals surface area (Å²) >= 11 is 0. The second-order valence-electron chi connectivity index (χ2n) is 4.62. The summed E-state index contributed by atoms with van der Waals surface area (Å²) in [5, 5.41) is 0.